The number of ether oxygens (including phenoxy) is 1. The van der Waals surface area contributed by atoms with Gasteiger partial charge in [0.1, 0.15) is 0 Å². The molecule has 0 radical (unpaired) electrons. The van der Waals surface area contributed by atoms with Crippen molar-refractivity contribution < 1.29 is 4.74 Å². The van der Waals surface area contributed by atoms with Crippen LogP contribution in [-0.4, -0.2) is 47.5 Å². The zero-order chi connectivity index (χ0) is 15.6. The van der Waals surface area contributed by atoms with Crippen molar-refractivity contribution >= 4 is 0 Å². The molecule has 2 rings (SSSR count). The summed E-state index contributed by atoms with van der Waals surface area (Å²) in [4.78, 5) is 2.51. The van der Waals surface area contributed by atoms with Gasteiger partial charge in [0.25, 0.3) is 0 Å². The molecule has 21 heavy (non-hydrogen) atoms. The van der Waals surface area contributed by atoms with Crippen molar-refractivity contribution in [3.05, 3.63) is 17.5 Å². The minimum Gasteiger partial charge on any atom is -0.383 e. The molecule has 0 aromatic carbocycles. The molecular formula is C16H30N4O. The van der Waals surface area contributed by atoms with E-state index in [2.05, 4.69) is 31.9 Å². The Morgan fingerprint density at radius 1 is 1.48 bits per heavy atom. The van der Waals surface area contributed by atoms with Gasteiger partial charge in [0.05, 0.1) is 18.3 Å². The summed E-state index contributed by atoms with van der Waals surface area (Å²) < 4.78 is 7.20. The maximum Gasteiger partial charge on any atom is 0.0726 e. The zero-order valence-electron chi connectivity index (χ0n) is 14.1. The Labute approximate surface area is 128 Å². The summed E-state index contributed by atoms with van der Waals surface area (Å²) in [5.74, 6) is 0. The standard InChI is InChI=1S/C16H30N4O/c1-16(2,3)15-13(11-19(4)18-15)14(10-17)20(8-9-21-5)12-6-7-12/h11-12,14H,6-10,17H2,1-5H3. The van der Waals surface area contributed by atoms with Crippen molar-refractivity contribution in [3.63, 3.8) is 0 Å². The lowest BCUT2D eigenvalue weighted by molar-refractivity contribution is 0.115. The molecule has 1 fully saturated rings. The molecule has 1 saturated carbocycles. The number of hydrogen-bond acceptors (Lipinski definition) is 4. The Bertz CT molecular complexity index is 459. The van der Waals surface area contributed by atoms with Gasteiger partial charge in [0.15, 0.2) is 0 Å². The highest BCUT2D eigenvalue weighted by Crippen LogP contribution is 2.37. The topological polar surface area (TPSA) is 56.3 Å². The molecule has 0 aliphatic heterocycles. The number of nitrogens with two attached hydrogens (primary N) is 1. The van der Waals surface area contributed by atoms with E-state index in [0.717, 1.165) is 18.8 Å². The van der Waals surface area contributed by atoms with Crippen molar-refractivity contribution in [1.29, 1.82) is 0 Å². The number of rotatable bonds is 7. The molecule has 0 bridgehead atoms. The first-order chi connectivity index (χ1) is 9.88. The Hall–Kier alpha value is -0.910. The van der Waals surface area contributed by atoms with E-state index in [4.69, 9.17) is 15.6 Å². The Kier molecular flexibility index (Phi) is 5.07. The highest BCUT2D eigenvalue weighted by molar-refractivity contribution is 5.28. The van der Waals surface area contributed by atoms with Gasteiger partial charge in [-0.2, -0.15) is 5.10 Å². The fourth-order valence-electron chi connectivity index (χ4n) is 2.97. The predicted molar refractivity (Wildman–Crippen MR) is 85.3 cm³/mol. The quantitative estimate of drug-likeness (QED) is 0.833. The third-order valence-electron chi connectivity index (χ3n) is 4.12. The summed E-state index contributed by atoms with van der Waals surface area (Å²) in [5, 5.41) is 4.70. The molecule has 1 aliphatic carbocycles. The lowest BCUT2D eigenvalue weighted by Gasteiger charge is -2.32. The maximum atomic E-state index is 6.14. The number of aryl methyl sites for hydroxylation is 1. The monoisotopic (exact) mass is 294 g/mol. The number of aromatic nitrogens is 2. The average Bonchev–Trinajstić information content (AvgIpc) is 3.16. The van der Waals surface area contributed by atoms with E-state index in [-0.39, 0.29) is 11.5 Å². The fraction of sp³-hybridized carbons (Fsp3) is 0.812. The SMILES string of the molecule is COCCN(C1CC1)C(CN)c1cn(C)nc1C(C)(C)C. The molecule has 2 N–H and O–H groups in total. The molecular weight excluding hydrogens is 264 g/mol. The van der Waals surface area contributed by atoms with E-state index in [1.165, 1.54) is 18.4 Å². The minimum absolute atomic E-state index is 0.0283. The molecule has 1 aromatic rings. The molecule has 5 heteroatoms. The van der Waals surface area contributed by atoms with Crippen LogP contribution < -0.4 is 5.73 Å². The minimum atomic E-state index is 0.0283. The second-order valence-electron chi connectivity index (χ2n) is 7.07. The molecule has 1 atom stereocenters. The van der Waals surface area contributed by atoms with Crippen LogP contribution in [0.2, 0.25) is 0 Å². The smallest absolute Gasteiger partial charge is 0.0726 e. The van der Waals surface area contributed by atoms with E-state index in [0.29, 0.717) is 12.6 Å². The number of nitrogens with zero attached hydrogens (tertiary/aromatic N) is 3. The van der Waals surface area contributed by atoms with Gasteiger partial charge in [-0.25, -0.2) is 0 Å². The van der Waals surface area contributed by atoms with E-state index >= 15 is 0 Å². The van der Waals surface area contributed by atoms with Crippen LogP contribution in [0.4, 0.5) is 0 Å². The van der Waals surface area contributed by atoms with Crippen LogP contribution in [-0.2, 0) is 17.2 Å². The van der Waals surface area contributed by atoms with Crippen LogP contribution in [0.1, 0.15) is 50.9 Å². The first-order valence-corrected chi connectivity index (χ1v) is 7.87. The van der Waals surface area contributed by atoms with Gasteiger partial charge >= 0.3 is 0 Å². The lowest BCUT2D eigenvalue weighted by atomic mass is 9.87. The van der Waals surface area contributed by atoms with E-state index in [1.54, 1.807) is 7.11 Å². The van der Waals surface area contributed by atoms with E-state index in [9.17, 15) is 0 Å². The van der Waals surface area contributed by atoms with Crippen LogP contribution in [0, 0.1) is 0 Å². The molecule has 5 nitrogen and oxygen atoms in total. The average molecular weight is 294 g/mol. The second kappa shape index (κ2) is 6.46. The summed E-state index contributed by atoms with van der Waals surface area (Å²) in [6.07, 6.45) is 4.68. The highest BCUT2D eigenvalue weighted by Gasteiger charge is 2.36. The van der Waals surface area contributed by atoms with Gasteiger partial charge in [-0.1, -0.05) is 20.8 Å². The van der Waals surface area contributed by atoms with Gasteiger partial charge in [-0.15, -0.1) is 0 Å². The van der Waals surface area contributed by atoms with Gasteiger partial charge in [0.2, 0.25) is 0 Å². The van der Waals surface area contributed by atoms with Crippen LogP contribution in [0.5, 0.6) is 0 Å². The van der Waals surface area contributed by atoms with Gasteiger partial charge in [-0.05, 0) is 12.8 Å². The van der Waals surface area contributed by atoms with Gasteiger partial charge in [0, 0.05) is 50.5 Å². The van der Waals surface area contributed by atoms with Crippen LogP contribution >= 0.6 is 0 Å². The van der Waals surface area contributed by atoms with E-state index < -0.39 is 0 Å². The van der Waals surface area contributed by atoms with Crippen molar-refractivity contribution in [3.8, 4) is 0 Å². The molecule has 1 heterocycles. The Balaban J connectivity index is 2.31. The van der Waals surface area contributed by atoms with E-state index in [1.807, 2.05) is 11.7 Å². The second-order valence-corrected chi connectivity index (χ2v) is 7.07. The number of hydrogen-bond donors (Lipinski definition) is 1. The molecule has 120 valence electrons. The Morgan fingerprint density at radius 3 is 2.62 bits per heavy atom. The summed E-state index contributed by atoms with van der Waals surface area (Å²) >= 11 is 0. The van der Waals surface area contributed by atoms with Crippen LogP contribution in [0.15, 0.2) is 6.20 Å². The molecule has 0 amide bonds. The Morgan fingerprint density at radius 2 is 2.14 bits per heavy atom. The first kappa shape index (κ1) is 16.5. The molecule has 1 aromatic heterocycles. The maximum absolute atomic E-state index is 6.14. The fourth-order valence-corrected chi connectivity index (χ4v) is 2.97. The van der Waals surface area contributed by atoms with Crippen molar-refractivity contribution in [2.75, 3.05) is 26.8 Å². The van der Waals surface area contributed by atoms with Crippen LogP contribution in [0.25, 0.3) is 0 Å². The third-order valence-corrected chi connectivity index (χ3v) is 4.12. The van der Waals surface area contributed by atoms with Crippen molar-refractivity contribution in [2.45, 2.75) is 51.1 Å². The largest absolute Gasteiger partial charge is 0.383 e. The van der Waals surface area contributed by atoms with Crippen molar-refractivity contribution in [2.24, 2.45) is 12.8 Å². The molecule has 1 unspecified atom stereocenters. The summed E-state index contributed by atoms with van der Waals surface area (Å²) in [6.45, 7) is 8.93. The predicted octanol–water partition coefficient (Wildman–Crippen LogP) is 1.83. The molecule has 1 aliphatic rings. The molecule has 0 spiro atoms. The van der Waals surface area contributed by atoms with Crippen molar-refractivity contribution in [1.82, 2.24) is 14.7 Å². The summed E-state index contributed by atoms with van der Waals surface area (Å²) in [5.41, 5.74) is 8.60. The highest BCUT2D eigenvalue weighted by atomic mass is 16.5. The summed E-state index contributed by atoms with van der Waals surface area (Å²) in [7, 11) is 3.75. The normalized spacial score (nSPS) is 17.5. The summed E-state index contributed by atoms with van der Waals surface area (Å²) in [6, 6.07) is 0.886. The van der Waals surface area contributed by atoms with Gasteiger partial charge in [-0.3, -0.25) is 9.58 Å². The zero-order valence-corrected chi connectivity index (χ0v) is 14.1. The lowest BCUT2D eigenvalue weighted by Crippen LogP contribution is -2.38. The van der Waals surface area contributed by atoms with Crippen LogP contribution in [0.3, 0.4) is 0 Å². The first-order valence-electron chi connectivity index (χ1n) is 7.87. The number of methoxy groups -OCH3 is 1. The third kappa shape index (κ3) is 3.84. The van der Waals surface area contributed by atoms with Gasteiger partial charge < -0.3 is 10.5 Å². The molecule has 0 saturated heterocycles.